The fourth-order valence-corrected chi connectivity index (χ4v) is 2.21. The van der Waals surface area contributed by atoms with Crippen molar-refractivity contribution in [2.24, 2.45) is 0 Å². The van der Waals surface area contributed by atoms with Gasteiger partial charge in [-0.25, -0.2) is 4.98 Å². The average Bonchev–Trinajstić information content (AvgIpc) is 2.40. The Morgan fingerprint density at radius 2 is 2.11 bits per heavy atom. The van der Waals surface area contributed by atoms with Gasteiger partial charge in [-0.15, -0.1) is 0 Å². The number of halogens is 1. The first-order valence-corrected chi connectivity index (χ1v) is 6.14. The molecule has 0 saturated carbocycles. The van der Waals surface area contributed by atoms with Gasteiger partial charge in [0.15, 0.2) is 5.82 Å². The van der Waals surface area contributed by atoms with Crippen LogP contribution in [0.25, 0.3) is 11.0 Å². The van der Waals surface area contributed by atoms with Gasteiger partial charge in [0, 0.05) is 24.2 Å². The largest absolute Gasteiger partial charge is 0.618 e. The summed E-state index contributed by atoms with van der Waals surface area (Å²) in [6.45, 7) is 2.84. The number of morpholine rings is 1. The van der Waals surface area contributed by atoms with Gasteiger partial charge in [0.25, 0.3) is 0 Å². The van der Waals surface area contributed by atoms with Gasteiger partial charge in [0.2, 0.25) is 11.7 Å². The van der Waals surface area contributed by atoms with E-state index in [4.69, 9.17) is 16.3 Å². The molecule has 0 spiro atoms. The molecule has 2 aromatic rings. The summed E-state index contributed by atoms with van der Waals surface area (Å²) in [5.41, 5.74) is 1.14. The molecule has 0 N–H and O–H groups in total. The minimum absolute atomic E-state index is 0.486. The Kier molecular flexibility index (Phi) is 2.93. The van der Waals surface area contributed by atoms with Crippen LogP contribution >= 0.6 is 11.6 Å². The molecular formula is C12H12ClN3O2. The Bertz CT molecular complexity index is 585. The second kappa shape index (κ2) is 4.59. The number of hydrogen-bond donors (Lipinski definition) is 0. The molecule has 1 saturated heterocycles. The van der Waals surface area contributed by atoms with Crippen LogP contribution in [0.3, 0.4) is 0 Å². The molecule has 0 unspecified atom stereocenters. The molecule has 0 radical (unpaired) electrons. The van der Waals surface area contributed by atoms with E-state index < -0.39 is 0 Å². The first-order chi connectivity index (χ1) is 8.74. The Balaban J connectivity index is 2.06. The van der Waals surface area contributed by atoms with Crippen molar-refractivity contribution >= 4 is 28.5 Å². The zero-order chi connectivity index (χ0) is 12.5. The Morgan fingerprint density at radius 1 is 1.33 bits per heavy atom. The molecule has 1 aliphatic rings. The topological polar surface area (TPSA) is 52.3 Å². The molecule has 1 fully saturated rings. The van der Waals surface area contributed by atoms with E-state index in [0.717, 1.165) is 17.8 Å². The van der Waals surface area contributed by atoms with Crippen LogP contribution in [0, 0.1) is 5.21 Å². The van der Waals surface area contributed by atoms with Crippen LogP contribution in [0.5, 0.6) is 0 Å². The number of hydrogen-bond acceptors (Lipinski definition) is 4. The fourth-order valence-electron chi connectivity index (χ4n) is 2.04. The van der Waals surface area contributed by atoms with Crippen LogP contribution in [0.2, 0.25) is 5.02 Å². The summed E-state index contributed by atoms with van der Waals surface area (Å²) in [5, 5.41) is 12.5. The molecule has 1 aliphatic heterocycles. The smallest absolute Gasteiger partial charge is 0.244 e. The lowest BCUT2D eigenvalue weighted by atomic mass is 10.3. The molecule has 0 aliphatic carbocycles. The van der Waals surface area contributed by atoms with Crippen molar-refractivity contribution < 1.29 is 9.47 Å². The van der Waals surface area contributed by atoms with Gasteiger partial charge in [0.1, 0.15) is 5.52 Å². The van der Waals surface area contributed by atoms with E-state index in [2.05, 4.69) is 4.98 Å². The van der Waals surface area contributed by atoms with Crippen LogP contribution in [-0.4, -0.2) is 31.3 Å². The maximum Gasteiger partial charge on any atom is 0.244 e. The van der Waals surface area contributed by atoms with Gasteiger partial charge in [0.05, 0.1) is 13.2 Å². The predicted octanol–water partition coefficient (Wildman–Crippen LogP) is 1.36. The third-order valence-electron chi connectivity index (χ3n) is 2.98. The summed E-state index contributed by atoms with van der Waals surface area (Å²) in [6.07, 6.45) is 1.49. The van der Waals surface area contributed by atoms with E-state index in [1.807, 2.05) is 4.90 Å². The lowest BCUT2D eigenvalue weighted by Crippen LogP contribution is -2.39. The Hall–Kier alpha value is -1.59. The van der Waals surface area contributed by atoms with Gasteiger partial charge in [-0.3, -0.25) is 0 Å². The summed E-state index contributed by atoms with van der Waals surface area (Å²) < 4.78 is 6.10. The second-order valence-electron chi connectivity index (χ2n) is 4.16. The normalized spacial score (nSPS) is 16.2. The number of benzene rings is 1. The molecule has 1 aromatic carbocycles. The second-order valence-corrected chi connectivity index (χ2v) is 4.59. The third-order valence-corrected chi connectivity index (χ3v) is 3.21. The van der Waals surface area contributed by atoms with Crippen molar-refractivity contribution in [3.8, 4) is 0 Å². The number of rotatable bonds is 1. The Morgan fingerprint density at radius 3 is 2.89 bits per heavy atom. The van der Waals surface area contributed by atoms with Crippen molar-refractivity contribution in [2.45, 2.75) is 0 Å². The molecule has 0 bridgehead atoms. The summed E-state index contributed by atoms with van der Waals surface area (Å²) in [7, 11) is 0. The van der Waals surface area contributed by atoms with Gasteiger partial charge in [-0.05, 0) is 12.1 Å². The first kappa shape index (κ1) is 11.5. The van der Waals surface area contributed by atoms with Gasteiger partial charge in [-0.2, -0.15) is 4.73 Å². The van der Waals surface area contributed by atoms with E-state index in [9.17, 15) is 5.21 Å². The number of aromatic nitrogens is 2. The summed E-state index contributed by atoms with van der Waals surface area (Å²) in [4.78, 5) is 6.54. The number of fused-ring (bicyclic) bond motifs is 1. The van der Waals surface area contributed by atoms with Gasteiger partial charge in [-0.1, -0.05) is 11.6 Å². The number of ether oxygens (including phenoxy) is 1. The lowest BCUT2D eigenvalue weighted by Gasteiger charge is -2.26. The molecule has 18 heavy (non-hydrogen) atoms. The number of anilines is 1. The van der Waals surface area contributed by atoms with Crippen molar-refractivity contribution in [3.63, 3.8) is 0 Å². The predicted molar refractivity (Wildman–Crippen MR) is 68.7 cm³/mol. The zero-order valence-electron chi connectivity index (χ0n) is 9.67. The van der Waals surface area contributed by atoms with E-state index in [-0.39, 0.29) is 0 Å². The zero-order valence-corrected chi connectivity index (χ0v) is 10.4. The quantitative estimate of drug-likeness (QED) is 0.577. The molecule has 94 valence electrons. The molecular weight excluding hydrogens is 254 g/mol. The minimum Gasteiger partial charge on any atom is -0.618 e. The molecule has 6 heteroatoms. The van der Waals surface area contributed by atoms with Crippen molar-refractivity contribution in [1.29, 1.82) is 0 Å². The van der Waals surface area contributed by atoms with Crippen molar-refractivity contribution in [1.82, 2.24) is 4.98 Å². The molecule has 5 nitrogen and oxygen atoms in total. The highest BCUT2D eigenvalue weighted by atomic mass is 35.5. The first-order valence-electron chi connectivity index (χ1n) is 5.76. The van der Waals surface area contributed by atoms with Gasteiger partial charge < -0.3 is 14.8 Å². The maximum atomic E-state index is 12.0. The third kappa shape index (κ3) is 2.07. The SMILES string of the molecule is [O-][n+]1cc(N2CCOCC2)nc2ccc(Cl)cc21. The maximum absolute atomic E-state index is 12.0. The Labute approximate surface area is 109 Å². The van der Waals surface area contributed by atoms with E-state index in [1.165, 1.54) is 6.20 Å². The lowest BCUT2D eigenvalue weighted by molar-refractivity contribution is -0.576. The van der Waals surface area contributed by atoms with E-state index in [1.54, 1.807) is 18.2 Å². The highest BCUT2D eigenvalue weighted by Gasteiger charge is 2.17. The van der Waals surface area contributed by atoms with Crippen LogP contribution in [0.1, 0.15) is 0 Å². The van der Waals surface area contributed by atoms with Crippen molar-refractivity contribution in [2.75, 3.05) is 31.2 Å². The average molecular weight is 266 g/mol. The molecule has 3 rings (SSSR count). The van der Waals surface area contributed by atoms with Crippen LogP contribution in [0.4, 0.5) is 5.82 Å². The monoisotopic (exact) mass is 265 g/mol. The molecule has 2 heterocycles. The van der Waals surface area contributed by atoms with Crippen LogP contribution in [0.15, 0.2) is 24.4 Å². The van der Waals surface area contributed by atoms with Gasteiger partial charge >= 0.3 is 0 Å². The van der Waals surface area contributed by atoms with Crippen LogP contribution in [-0.2, 0) is 4.74 Å². The summed E-state index contributed by atoms with van der Waals surface area (Å²) in [6, 6.07) is 5.12. The standard InChI is InChI=1S/C12H12ClN3O2/c13-9-1-2-10-11(7-9)16(17)8-12(14-10)15-3-5-18-6-4-15/h1-2,7-8H,3-6H2. The highest BCUT2D eigenvalue weighted by molar-refractivity contribution is 6.31. The van der Waals surface area contributed by atoms with Crippen molar-refractivity contribution in [3.05, 3.63) is 34.6 Å². The van der Waals surface area contributed by atoms with E-state index in [0.29, 0.717) is 35.1 Å². The summed E-state index contributed by atoms with van der Waals surface area (Å²) in [5.74, 6) is 0.683. The number of nitrogens with zero attached hydrogens (tertiary/aromatic N) is 3. The fraction of sp³-hybridized carbons (Fsp3) is 0.333. The van der Waals surface area contributed by atoms with Crippen LogP contribution < -0.4 is 9.63 Å². The summed E-state index contributed by atoms with van der Waals surface area (Å²) >= 11 is 5.87. The molecule has 0 amide bonds. The highest BCUT2D eigenvalue weighted by Crippen LogP contribution is 2.18. The minimum atomic E-state index is 0.486. The molecule has 1 aromatic heterocycles. The van der Waals surface area contributed by atoms with E-state index >= 15 is 0 Å². The molecule has 0 atom stereocenters.